The van der Waals surface area contributed by atoms with Gasteiger partial charge in [0.05, 0.1) is 0 Å². The predicted molar refractivity (Wildman–Crippen MR) is 78.5 cm³/mol. The van der Waals surface area contributed by atoms with Crippen LogP contribution in [0.15, 0.2) is 60.7 Å². The van der Waals surface area contributed by atoms with Crippen molar-refractivity contribution in [2.75, 3.05) is 6.79 Å². The lowest BCUT2D eigenvalue weighted by Gasteiger charge is -2.01. The van der Waals surface area contributed by atoms with Crippen molar-refractivity contribution in [1.82, 2.24) is 0 Å². The zero-order valence-corrected chi connectivity index (χ0v) is 11.2. The molecule has 2 aromatic rings. The molecule has 0 bridgehead atoms. The first kappa shape index (κ1) is 14.7. The van der Waals surface area contributed by atoms with Crippen LogP contribution in [0.4, 0.5) is 0 Å². The Labute approximate surface area is 122 Å². The van der Waals surface area contributed by atoms with Crippen LogP contribution < -0.4 is 0 Å². The molecule has 0 unspecified atom stereocenters. The minimum atomic E-state index is -0.645. The number of esters is 1. The molecule has 1 N–H and O–H groups in total. The number of carbonyl (C=O) groups is 2. The number of aliphatic hydroxyl groups is 1. The summed E-state index contributed by atoms with van der Waals surface area (Å²) in [5.41, 5.74) is 1.97. The first-order valence-electron chi connectivity index (χ1n) is 6.36. The maximum absolute atomic E-state index is 12.2. The van der Waals surface area contributed by atoms with Gasteiger partial charge in [0, 0.05) is 17.2 Å². The highest BCUT2D eigenvalue weighted by Crippen LogP contribution is 2.12. The van der Waals surface area contributed by atoms with E-state index in [0.29, 0.717) is 11.1 Å². The molecule has 0 saturated heterocycles. The maximum Gasteiger partial charge on any atom is 0.332 e. The Morgan fingerprint density at radius 1 is 0.952 bits per heavy atom. The van der Waals surface area contributed by atoms with Crippen molar-refractivity contribution < 1.29 is 19.4 Å². The second-order valence-electron chi connectivity index (χ2n) is 4.24. The van der Waals surface area contributed by atoms with Gasteiger partial charge >= 0.3 is 5.97 Å². The third kappa shape index (κ3) is 4.12. The van der Waals surface area contributed by atoms with Crippen LogP contribution in [0.5, 0.6) is 0 Å². The first-order chi connectivity index (χ1) is 10.2. The van der Waals surface area contributed by atoms with E-state index in [9.17, 15) is 9.59 Å². The fraction of sp³-hybridized carbons (Fsp3) is 0.0588. The molecule has 0 aromatic heterocycles. The third-order valence-electron chi connectivity index (χ3n) is 2.83. The molecular weight excluding hydrogens is 268 g/mol. The SMILES string of the molecule is O=C(/C=C/c1ccc(C(=O)c2ccccc2)cc1)OCO. The first-order valence-corrected chi connectivity index (χ1v) is 6.36. The fourth-order valence-corrected chi connectivity index (χ4v) is 1.78. The van der Waals surface area contributed by atoms with Crippen molar-refractivity contribution in [2.45, 2.75) is 0 Å². The molecule has 0 saturated carbocycles. The molecular formula is C17H14O4. The van der Waals surface area contributed by atoms with E-state index in [-0.39, 0.29) is 5.78 Å². The number of ether oxygens (including phenoxy) is 1. The summed E-state index contributed by atoms with van der Waals surface area (Å²) in [7, 11) is 0. The lowest BCUT2D eigenvalue weighted by molar-refractivity contribution is -0.145. The summed E-state index contributed by atoms with van der Waals surface area (Å²) < 4.78 is 4.36. The Morgan fingerprint density at radius 3 is 2.19 bits per heavy atom. The van der Waals surface area contributed by atoms with Gasteiger partial charge in [0.25, 0.3) is 0 Å². The summed E-state index contributed by atoms with van der Waals surface area (Å²) >= 11 is 0. The number of hydrogen-bond donors (Lipinski definition) is 1. The van der Waals surface area contributed by atoms with E-state index in [4.69, 9.17) is 5.11 Å². The van der Waals surface area contributed by atoms with Crippen molar-refractivity contribution in [1.29, 1.82) is 0 Å². The summed E-state index contributed by atoms with van der Waals surface area (Å²) in [4.78, 5) is 23.2. The van der Waals surface area contributed by atoms with Gasteiger partial charge in [0.2, 0.25) is 0 Å². The van der Waals surface area contributed by atoms with E-state index >= 15 is 0 Å². The average molecular weight is 282 g/mol. The molecule has 21 heavy (non-hydrogen) atoms. The molecule has 2 aromatic carbocycles. The van der Waals surface area contributed by atoms with Crippen LogP contribution in [0, 0.1) is 0 Å². The number of benzene rings is 2. The molecule has 0 atom stereocenters. The van der Waals surface area contributed by atoms with Crippen LogP contribution >= 0.6 is 0 Å². The van der Waals surface area contributed by atoms with Crippen molar-refractivity contribution in [3.63, 3.8) is 0 Å². The molecule has 0 aliphatic carbocycles. The zero-order valence-electron chi connectivity index (χ0n) is 11.2. The molecule has 0 aliphatic heterocycles. The average Bonchev–Trinajstić information content (AvgIpc) is 2.54. The minimum Gasteiger partial charge on any atom is -0.436 e. The molecule has 0 heterocycles. The smallest absolute Gasteiger partial charge is 0.332 e. The van der Waals surface area contributed by atoms with Gasteiger partial charge in [-0.05, 0) is 11.6 Å². The Balaban J connectivity index is 2.09. The van der Waals surface area contributed by atoms with E-state index in [0.717, 1.165) is 5.56 Å². The highest BCUT2D eigenvalue weighted by molar-refractivity contribution is 6.09. The monoisotopic (exact) mass is 282 g/mol. The number of ketones is 1. The van der Waals surface area contributed by atoms with Gasteiger partial charge in [-0.25, -0.2) is 4.79 Å². The molecule has 0 spiro atoms. The van der Waals surface area contributed by atoms with E-state index in [2.05, 4.69) is 4.74 Å². The minimum absolute atomic E-state index is 0.0502. The van der Waals surface area contributed by atoms with Gasteiger partial charge in [-0.2, -0.15) is 0 Å². The summed E-state index contributed by atoms with van der Waals surface area (Å²) in [6.45, 7) is -0.645. The quantitative estimate of drug-likeness (QED) is 0.396. The maximum atomic E-state index is 12.2. The van der Waals surface area contributed by atoms with Crippen LogP contribution in [-0.4, -0.2) is 23.7 Å². The van der Waals surface area contributed by atoms with Crippen LogP contribution in [0.2, 0.25) is 0 Å². The standard InChI is InChI=1S/C17H14O4/c18-12-21-16(19)11-8-13-6-9-15(10-7-13)17(20)14-4-2-1-3-5-14/h1-11,18H,12H2/b11-8+. The second-order valence-corrected chi connectivity index (χ2v) is 4.24. The van der Waals surface area contributed by atoms with Gasteiger partial charge in [-0.15, -0.1) is 0 Å². The zero-order chi connectivity index (χ0) is 15.1. The van der Waals surface area contributed by atoms with Crippen molar-refractivity contribution in [3.05, 3.63) is 77.4 Å². The van der Waals surface area contributed by atoms with E-state index < -0.39 is 12.8 Å². The number of carbonyl (C=O) groups excluding carboxylic acids is 2. The Bertz CT molecular complexity index is 642. The van der Waals surface area contributed by atoms with Crippen molar-refractivity contribution >= 4 is 17.8 Å². The normalized spacial score (nSPS) is 10.5. The predicted octanol–water partition coefficient (Wildman–Crippen LogP) is 2.42. The van der Waals surface area contributed by atoms with Gasteiger partial charge in [0.1, 0.15) is 0 Å². The Hall–Kier alpha value is -2.72. The molecule has 106 valence electrons. The summed E-state index contributed by atoms with van der Waals surface area (Å²) in [5.74, 6) is -0.673. The third-order valence-corrected chi connectivity index (χ3v) is 2.83. The Morgan fingerprint density at radius 2 is 1.57 bits per heavy atom. The van der Waals surface area contributed by atoms with Gasteiger partial charge in [-0.1, -0.05) is 54.6 Å². The van der Waals surface area contributed by atoms with Crippen LogP contribution in [0.3, 0.4) is 0 Å². The summed E-state index contributed by atoms with van der Waals surface area (Å²) in [5, 5.41) is 8.43. The summed E-state index contributed by atoms with van der Waals surface area (Å²) in [6, 6.07) is 15.9. The molecule has 2 rings (SSSR count). The topological polar surface area (TPSA) is 63.6 Å². The van der Waals surface area contributed by atoms with Gasteiger partial charge in [0.15, 0.2) is 12.6 Å². The Kier molecular flexibility index (Phi) is 5.01. The van der Waals surface area contributed by atoms with E-state index in [1.165, 1.54) is 6.08 Å². The van der Waals surface area contributed by atoms with Crippen LogP contribution in [0.1, 0.15) is 21.5 Å². The molecule has 0 amide bonds. The van der Waals surface area contributed by atoms with Gasteiger partial charge < -0.3 is 9.84 Å². The fourth-order valence-electron chi connectivity index (χ4n) is 1.78. The largest absolute Gasteiger partial charge is 0.436 e. The number of rotatable bonds is 5. The highest BCUT2D eigenvalue weighted by Gasteiger charge is 2.07. The number of hydrogen-bond acceptors (Lipinski definition) is 4. The lowest BCUT2D eigenvalue weighted by Crippen LogP contribution is -2.01. The molecule has 4 nitrogen and oxygen atoms in total. The van der Waals surface area contributed by atoms with E-state index in [1.54, 1.807) is 42.5 Å². The van der Waals surface area contributed by atoms with Crippen molar-refractivity contribution in [3.8, 4) is 0 Å². The second kappa shape index (κ2) is 7.17. The lowest BCUT2D eigenvalue weighted by atomic mass is 10.0. The van der Waals surface area contributed by atoms with E-state index in [1.807, 2.05) is 18.2 Å². The number of aliphatic hydroxyl groups excluding tert-OH is 1. The van der Waals surface area contributed by atoms with Crippen LogP contribution in [-0.2, 0) is 9.53 Å². The summed E-state index contributed by atoms with van der Waals surface area (Å²) in [6.07, 6.45) is 2.76. The molecule has 0 fully saturated rings. The molecule has 0 aliphatic rings. The highest BCUT2D eigenvalue weighted by atomic mass is 16.6. The molecule has 0 radical (unpaired) electrons. The van der Waals surface area contributed by atoms with Crippen LogP contribution in [0.25, 0.3) is 6.08 Å². The molecule has 4 heteroatoms. The van der Waals surface area contributed by atoms with Crippen molar-refractivity contribution in [2.24, 2.45) is 0 Å². The van der Waals surface area contributed by atoms with Gasteiger partial charge in [-0.3, -0.25) is 4.79 Å².